The number of aliphatic imine (C=N–C) groups is 1. The number of nitrogens with zero attached hydrogens (tertiary/aromatic N) is 2. The lowest BCUT2D eigenvalue weighted by Gasteiger charge is -2.12. The van der Waals surface area contributed by atoms with E-state index >= 15 is 0 Å². The zero-order valence-electron chi connectivity index (χ0n) is 14.5. The minimum atomic E-state index is -4.53. The van der Waals surface area contributed by atoms with E-state index in [1.165, 1.54) is 18.2 Å². The van der Waals surface area contributed by atoms with E-state index in [0.717, 1.165) is 18.2 Å². The van der Waals surface area contributed by atoms with Crippen molar-refractivity contribution in [2.24, 2.45) is 4.99 Å². The van der Waals surface area contributed by atoms with Crippen LogP contribution in [-0.4, -0.2) is 23.5 Å². The van der Waals surface area contributed by atoms with E-state index in [0.29, 0.717) is 13.0 Å². The lowest BCUT2D eigenvalue weighted by atomic mass is 10.1. The summed E-state index contributed by atoms with van der Waals surface area (Å²) in [6, 6.07) is 6.47. The van der Waals surface area contributed by atoms with Gasteiger partial charge >= 0.3 is 6.18 Å². The van der Waals surface area contributed by atoms with Crippen LogP contribution in [0, 0.1) is 10.1 Å². The topological polar surface area (TPSA) is 74.0 Å². The zero-order valence-corrected chi connectivity index (χ0v) is 15.3. The fraction of sp³-hybridized carbons (Fsp3) is 0.278. The predicted octanol–water partition coefficient (Wildman–Crippen LogP) is 5.61. The van der Waals surface area contributed by atoms with Gasteiger partial charge in [-0.3, -0.25) is 10.1 Å². The van der Waals surface area contributed by atoms with Crippen LogP contribution >= 0.6 is 11.6 Å². The molecule has 2 aromatic rings. The standard InChI is InChI=1S/C18H14ClF3N2O4/c1-2-11-9-27-17(23-11)13-8-12(4-5-15(13)24(25)26)28-16-6-3-10(7-14(16)19)18(20,21)22/h3-8,11H,2,9H2,1H3. The Hall–Kier alpha value is -2.81. The Morgan fingerprint density at radius 2 is 2.07 bits per heavy atom. The maximum atomic E-state index is 12.7. The Labute approximate surface area is 162 Å². The average Bonchev–Trinajstić information content (AvgIpc) is 3.11. The molecule has 148 valence electrons. The molecule has 0 aliphatic carbocycles. The van der Waals surface area contributed by atoms with E-state index in [1.807, 2.05) is 6.92 Å². The quantitative estimate of drug-likeness (QED) is 0.470. The van der Waals surface area contributed by atoms with E-state index in [-0.39, 0.29) is 39.7 Å². The number of nitro benzene ring substituents is 1. The molecule has 0 saturated carbocycles. The summed E-state index contributed by atoms with van der Waals surface area (Å²) in [5.41, 5.74) is -1.00. The van der Waals surface area contributed by atoms with Crippen LogP contribution in [0.4, 0.5) is 18.9 Å². The number of ether oxygens (including phenoxy) is 2. The molecule has 1 aliphatic rings. The molecule has 6 nitrogen and oxygen atoms in total. The van der Waals surface area contributed by atoms with Crippen LogP contribution in [0.15, 0.2) is 41.4 Å². The molecule has 1 atom stereocenters. The lowest BCUT2D eigenvalue weighted by Crippen LogP contribution is -2.06. The monoisotopic (exact) mass is 414 g/mol. The molecular formula is C18H14ClF3N2O4. The number of hydrogen-bond acceptors (Lipinski definition) is 5. The maximum Gasteiger partial charge on any atom is 0.416 e. The molecular weight excluding hydrogens is 401 g/mol. The molecule has 1 aliphatic heterocycles. The molecule has 10 heteroatoms. The molecule has 1 heterocycles. The van der Waals surface area contributed by atoms with Gasteiger partial charge in [0.1, 0.15) is 23.7 Å². The molecule has 0 spiro atoms. The highest BCUT2D eigenvalue weighted by Gasteiger charge is 2.31. The molecule has 2 aromatic carbocycles. The Balaban J connectivity index is 1.94. The van der Waals surface area contributed by atoms with Crippen molar-refractivity contribution in [3.63, 3.8) is 0 Å². The highest BCUT2D eigenvalue weighted by molar-refractivity contribution is 6.32. The normalized spacial score (nSPS) is 16.5. The number of benzene rings is 2. The second kappa shape index (κ2) is 7.67. The van der Waals surface area contributed by atoms with Crippen LogP contribution in [0.2, 0.25) is 5.02 Å². The lowest BCUT2D eigenvalue weighted by molar-refractivity contribution is -0.385. The number of hydrogen-bond donors (Lipinski definition) is 0. The largest absolute Gasteiger partial charge is 0.475 e. The Morgan fingerprint density at radius 3 is 2.64 bits per heavy atom. The first kappa shape index (κ1) is 19.9. The SMILES string of the molecule is CCC1COC(c2cc(Oc3ccc(C(F)(F)F)cc3Cl)ccc2[N+](=O)[O-])=N1. The summed E-state index contributed by atoms with van der Waals surface area (Å²) in [6.07, 6.45) is -3.81. The highest BCUT2D eigenvalue weighted by atomic mass is 35.5. The van der Waals surface area contributed by atoms with E-state index in [2.05, 4.69) is 4.99 Å². The van der Waals surface area contributed by atoms with Crippen LogP contribution in [0.25, 0.3) is 0 Å². The van der Waals surface area contributed by atoms with Crippen molar-refractivity contribution >= 4 is 23.2 Å². The minimum absolute atomic E-state index is 0.0183. The third kappa shape index (κ3) is 4.19. The molecule has 0 N–H and O–H groups in total. The van der Waals surface area contributed by atoms with Crippen molar-refractivity contribution in [1.29, 1.82) is 0 Å². The zero-order chi connectivity index (χ0) is 20.5. The summed E-state index contributed by atoms with van der Waals surface area (Å²) in [5, 5.41) is 11.1. The fourth-order valence-corrected chi connectivity index (χ4v) is 2.79. The summed E-state index contributed by atoms with van der Waals surface area (Å²) >= 11 is 5.89. The first-order valence-electron chi connectivity index (χ1n) is 8.23. The number of nitro groups is 1. The molecule has 0 aromatic heterocycles. The molecule has 0 saturated heterocycles. The van der Waals surface area contributed by atoms with Crippen molar-refractivity contribution in [3.8, 4) is 11.5 Å². The van der Waals surface area contributed by atoms with Crippen LogP contribution < -0.4 is 4.74 Å². The van der Waals surface area contributed by atoms with Gasteiger partial charge in [-0.1, -0.05) is 18.5 Å². The summed E-state index contributed by atoms with van der Waals surface area (Å²) < 4.78 is 49.2. The van der Waals surface area contributed by atoms with Crippen molar-refractivity contribution in [2.75, 3.05) is 6.61 Å². The Bertz CT molecular complexity index is 947. The van der Waals surface area contributed by atoms with Crippen LogP contribution in [-0.2, 0) is 10.9 Å². The Morgan fingerprint density at radius 1 is 1.32 bits per heavy atom. The van der Waals surface area contributed by atoms with E-state index in [9.17, 15) is 23.3 Å². The van der Waals surface area contributed by atoms with Crippen molar-refractivity contribution in [3.05, 3.63) is 62.7 Å². The molecule has 28 heavy (non-hydrogen) atoms. The molecule has 0 radical (unpaired) electrons. The summed E-state index contributed by atoms with van der Waals surface area (Å²) in [4.78, 5) is 15.0. The highest BCUT2D eigenvalue weighted by Crippen LogP contribution is 2.37. The predicted molar refractivity (Wildman–Crippen MR) is 96.2 cm³/mol. The Kier molecular flexibility index (Phi) is 5.46. The maximum absolute atomic E-state index is 12.7. The molecule has 0 bridgehead atoms. The van der Waals surface area contributed by atoms with Crippen LogP contribution in [0.3, 0.4) is 0 Å². The average molecular weight is 415 g/mol. The first-order chi connectivity index (χ1) is 13.2. The van der Waals surface area contributed by atoms with E-state index in [4.69, 9.17) is 21.1 Å². The van der Waals surface area contributed by atoms with Crippen molar-refractivity contribution < 1.29 is 27.6 Å². The van der Waals surface area contributed by atoms with Gasteiger partial charge in [-0.15, -0.1) is 0 Å². The van der Waals surface area contributed by atoms with E-state index in [1.54, 1.807) is 0 Å². The summed E-state index contributed by atoms with van der Waals surface area (Å²) in [5.74, 6) is 0.256. The van der Waals surface area contributed by atoms with Gasteiger partial charge in [0.15, 0.2) is 0 Å². The first-order valence-corrected chi connectivity index (χ1v) is 8.61. The smallest absolute Gasteiger partial charge is 0.416 e. The second-order valence-corrected chi connectivity index (χ2v) is 6.40. The second-order valence-electron chi connectivity index (χ2n) is 5.99. The molecule has 1 unspecified atom stereocenters. The molecule has 3 rings (SSSR count). The number of halogens is 4. The minimum Gasteiger partial charge on any atom is -0.475 e. The van der Waals surface area contributed by atoms with Gasteiger partial charge in [-0.25, -0.2) is 4.99 Å². The summed E-state index contributed by atoms with van der Waals surface area (Å²) in [7, 11) is 0. The van der Waals surface area contributed by atoms with Gasteiger partial charge < -0.3 is 9.47 Å². The molecule has 0 fully saturated rings. The van der Waals surface area contributed by atoms with Gasteiger partial charge in [0.05, 0.1) is 21.6 Å². The number of alkyl halides is 3. The van der Waals surface area contributed by atoms with Crippen molar-refractivity contribution in [2.45, 2.75) is 25.6 Å². The van der Waals surface area contributed by atoms with Gasteiger partial charge in [0, 0.05) is 12.1 Å². The van der Waals surface area contributed by atoms with Crippen LogP contribution in [0.5, 0.6) is 11.5 Å². The van der Waals surface area contributed by atoms with E-state index < -0.39 is 16.7 Å². The van der Waals surface area contributed by atoms with Gasteiger partial charge in [-0.2, -0.15) is 13.2 Å². The van der Waals surface area contributed by atoms with Crippen molar-refractivity contribution in [1.82, 2.24) is 0 Å². The van der Waals surface area contributed by atoms with Gasteiger partial charge in [-0.05, 0) is 30.7 Å². The van der Waals surface area contributed by atoms with Crippen LogP contribution in [0.1, 0.15) is 24.5 Å². The fourth-order valence-electron chi connectivity index (χ4n) is 2.57. The summed E-state index contributed by atoms with van der Waals surface area (Å²) in [6.45, 7) is 2.24. The molecule has 0 amide bonds. The number of rotatable bonds is 5. The van der Waals surface area contributed by atoms with Gasteiger partial charge in [0.2, 0.25) is 5.90 Å². The third-order valence-corrected chi connectivity index (χ3v) is 4.36. The van der Waals surface area contributed by atoms with Gasteiger partial charge in [0.25, 0.3) is 5.69 Å². The third-order valence-electron chi connectivity index (χ3n) is 4.07.